The van der Waals surface area contributed by atoms with Crippen molar-refractivity contribution in [3.8, 4) is 5.75 Å². The van der Waals surface area contributed by atoms with Gasteiger partial charge in [0.15, 0.2) is 11.6 Å². The number of nitrogens with two attached hydrogens (primary N) is 1. The van der Waals surface area contributed by atoms with Crippen LogP contribution < -0.4 is 15.4 Å². The molecule has 1 fully saturated rings. The van der Waals surface area contributed by atoms with Crippen molar-refractivity contribution >= 4 is 11.4 Å². The van der Waals surface area contributed by atoms with E-state index in [2.05, 4.69) is 0 Å². The lowest BCUT2D eigenvalue weighted by Gasteiger charge is -2.22. The summed E-state index contributed by atoms with van der Waals surface area (Å²) in [6, 6.07) is 2.99. The molecule has 4 nitrogen and oxygen atoms in total. The molecule has 0 aliphatic heterocycles. The van der Waals surface area contributed by atoms with Crippen LogP contribution >= 0.6 is 0 Å². The molecule has 0 unspecified atom stereocenters. The second-order valence-corrected chi connectivity index (χ2v) is 5.63. The summed E-state index contributed by atoms with van der Waals surface area (Å²) in [6.07, 6.45) is 3.42. The fourth-order valence-corrected chi connectivity index (χ4v) is 2.07. The number of halogens is 1. The molecule has 0 atom stereocenters. The highest BCUT2D eigenvalue weighted by atomic mass is 19.1. The van der Waals surface area contributed by atoms with E-state index >= 15 is 0 Å². The van der Waals surface area contributed by atoms with Crippen LogP contribution in [0.4, 0.5) is 15.8 Å². The highest BCUT2D eigenvalue weighted by molar-refractivity contribution is 5.69. The van der Waals surface area contributed by atoms with Crippen molar-refractivity contribution in [2.75, 3.05) is 44.0 Å². The van der Waals surface area contributed by atoms with E-state index in [0.29, 0.717) is 18.9 Å². The minimum atomic E-state index is -0.414. The van der Waals surface area contributed by atoms with E-state index in [1.807, 2.05) is 18.9 Å². The number of hydrogen-bond acceptors (Lipinski definition) is 4. The Kier molecular flexibility index (Phi) is 5.67. The maximum Gasteiger partial charge on any atom is 0.167 e. The third kappa shape index (κ3) is 4.77. The first kappa shape index (κ1) is 15.9. The van der Waals surface area contributed by atoms with Crippen LogP contribution in [0.3, 0.4) is 0 Å². The first-order valence-electron chi connectivity index (χ1n) is 7.62. The van der Waals surface area contributed by atoms with Gasteiger partial charge in [0.2, 0.25) is 0 Å². The van der Waals surface area contributed by atoms with Crippen molar-refractivity contribution in [1.29, 1.82) is 0 Å². The molecule has 2 rings (SSSR count). The summed E-state index contributed by atoms with van der Waals surface area (Å²) in [5, 5.41) is 0. The van der Waals surface area contributed by atoms with E-state index in [0.717, 1.165) is 31.2 Å². The molecule has 0 heterocycles. The predicted molar refractivity (Wildman–Crippen MR) is 83.4 cm³/mol. The number of benzene rings is 1. The molecule has 1 aliphatic rings. The van der Waals surface area contributed by atoms with Gasteiger partial charge in [-0.1, -0.05) is 6.92 Å². The molecule has 0 bridgehead atoms. The summed E-state index contributed by atoms with van der Waals surface area (Å²) < 4.78 is 24.8. The molecular weight excluding hydrogens is 271 g/mol. The van der Waals surface area contributed by atoms with Gasteiger partial charge in [0, 0.05) is 32.3 Å². The van der Waals surface area contributed by atoms with Crippen molar-refractivity contribution in [2.24, 2.45) is 5.92 Å². The SMILES string of the molecule is CCCOc1cc(N(C)CCOCC2CC2)c(N)cc1F. The van der Waals surface area contributed by atoms with Crippen LogP contribution in [0.2, 0.25) is 0 Å². The second kappa shape index (κ2) is 7.50. The van der Waals surface area contributed by atoms with Gasteiger partial charge < -0.3 is 20.1 Å². The largest absolute Gasteiger partial charge is 0.490 e. The zero-order valence-corrected chi connectivity index (χ0v) is 12.9. The zero-order chi connectivity index (χ0) is 15.2. The average molecular weight is 296 g/mol. The lowest BCUT2D eigenvalue weighted by atomic mass is 10.2. The van der Waals surface area contributed by atoms with E-state index in [9.17, 15) is 4.39 Å². The van der Waals surface area contributed by atoms with Crippen LogP contribution in [0.15, 0.2) is 12.1 Å². The van der Waals surface area contributed by atoms with Gasteiger partial charge in [0.05, 0.1) is 24.6 Å². The fraction of sp³-hybridized carbons (Fsp3) is 0.625. The van der Waals surface area contributed by atoms with Gasteiger partial charge >= 0.3 is 0 Å². The molecule has 0 aromatic heterocycles. The lowest BCUT2D eigenvalue weighted by Crippen LogP contribution is -2.24. The van der Waals surface area contributed by atoms with Crippen LogP contribution in [-0.2, 0) is 4.74 Å². The normalized spacial score (nSPS) is 14.2. The van der Waals surface area contributed by atoms with Gasteiger partial charge in [0.25, 0.3) is 0 Å². The summed E-state index contributed by atoms with van der Waals surface area (Å²) in [7, 11) is 1.92. The van der Waals surface area contributed by atoms with Crippen LogP contribution in [-0.4, -0.2) is 33.4 Å². The number of likely N-dealkylation sites (N-methyl/N-ethyl adjacent to an activating group) is 1. The smallest absolute Gasteiger partial charge is 0.167 e. The van der Waals surface area contributed by atoms with Gasteiger partial charge in [-0.05, 0) is 25.2 Å². The maximum absolute atomic E-state index is 13.8. The van der Waals surface area contributed by atoms with Crippen LogP contribution in [0.1, 0.15) is 26.2 Å². The molecule has 0 radical (unpaired) electrons. The van der Waals surface area contributed by atoms with Gasteiger partial charge in [-0.2, -0.15) is 0 Å². The predicted octanol–water partition coefficient (Wildman–Crippen LogP) is 3.06. The Morgan fingerprint density at radius 2 is 2.10 bits per heavy atom. The summed E-state index contributed by atoms with van der Waals surface area (Å²) in [4.78, 5) is 1.97. The summed E-state index contributed by atoms with van der Waals surface area (Å²) in [5.74, 6) is 0.607. The average Bonchev–Trinajstić information content (AvgIpc) is 3.26. The molecule has 1 aromatic carbocycles. The van der Waals surface area contributed by atoms with Crippen molar-refractivity contribution in [3.05, 3.63) is 17.9 Å². The standard InChI is InChI=1S/C16H25FN2O2/c1-3-7-21-16-10-15(14(18)9-13(16)17)19(2)6-8-20-11-12-4-5-12/h9-10,12H,3-8,11,18H2,1-2H3. The van der Waals surface area contributed by atoms with E-state index in [-0.39, 0.29) is 5.75 Å². The van der Waals surface area contributed by atoms with Gasteiger partial charge in [-0.25, -0.2) is 4.39 Å². The van der Waals surface area contributed by atoms with Gasteiger partial charge in [0.1, 0.15) is 0 Å². The second-order valence-electron chi connectivity index (χ2n) is 5.63. The van der Waals surface area contributed by atoms with E-state index in [1.165, 1.54) is 18.9 Å². The van der Waals surface area contributed by atoms with Crippen molar-refractivity contribution in [3.63, 3.8) is 0 Å². The molecule has 1 aromatic rings. The lowest BCUT2D eigenvalue weighted by molar-refractivity contribution is 0.131. The molecule has 1 saturated carbocycles. The number of rotatable bonds is 9. The monoisotopic (exact) mass is 296 g/mol. The number of hydrogen-bond donors (Lipinski definition) is 1. The maximum atomic E-state index is 13.8. The number of nitrogen functional groups attached to an aromatic ring is 1. The Balaban J connectivity index is 1.92. The molecule has 2 N–H and O–H groups in total. The minimum absolute atomic E-state index is 0.256. The summed E-state index contributed by atoms with van der Waals surface area (Å²) >= 11 is 0. The zero-order valence-electron chi connectivity index (χ0n) is 12.9. The molecule has 1 aliphatic carbocycles. The number of anilines is 2. The molecule has 0 saturated heterocycles. The Morgan fingerprint density at radius 3 is 2.76 bits per heavy atom. The first-order chi connectivity index (χ1) is 10.1. The van der Waals surface area contributed by atoms with Crippen LogP contribution in [0.25, 0.3) is 0 Å². The van der Waals surface area contributed by atoms with Gasteiger partial charge in [-0.15, -0.1) is 0 Å². The van der Waals surface area contributed by atoms with Crippen molar-refractivity contribution in [1.82, 2.24) is 0 Å². The molecule has 21 heavy (non-hydrogen) atoms. The topological polar surface area (TPSA) is 47.7 Å². The van der Waals surface area contributed by atoms with Gasteiger partial charge in [-0.3, -0.25) is 0 Å². The molecule has 118 valence electrons. The Bertz CT molecular complexity index is 464. The Morgan fingerprint density at radius 1 is 1.33 bits per heavy atom. The van der Waals surface area contributed by atoms with Crippen LogP contribution in [0, 0.1) is 11.7 Å². The first-order valence-corrected chi connectivity index (χ1v) is 7.62. The Labute approximate surface area is 126 Å². The molecular formula is C16H25FN2O2. The number of ether oxygens (including phenoxy) is 2. The van der Waals surface area contributed by atoms with Crippen molar-refractivity contribution in [2.45, 2.75) is 26.2 Å². The summed E-state index contributed by atoms with van der Waals surface area (Å²) in [5.41, 5.74) is 7.10. The molecule has 0 amide bonds. The third-order valence-electron chi connectivity index (χ3n) is 3.58. The quantitative estimate of drug-likeness (QED) is 0.562. The van der Waals surface area contributed by atoms with Crippen molar-refractivity contribution < 1.29 is 13.9 Å². The number of nitrogens with zero attached hydrogens (tertiary/aromatic N) is 1. The molecule has 5 heteroatoms. The fourth-order valence-electron chi connectivity index (χ4n) is 2.07. The highest BCUT2D eigenvalue weighted by Gasteiger charge is 2.21. The molecule has 0 spiro atoms. The minimum Gasteiger partial charge on any atom is -0.490 e. The van der Waals surface area contributed by atoms with E-state index in [1.54, 1.807) is 6.07 Å². The third-order valence-corrected chi connectivity index (χ3v) is 3.58. The Hall–Kier alpha value is -1.49. The highest BCUT2D eigenvalue weighted by Crippen LogP contribution is 2.31. The van der Waals surface area contributed by atoms with E-state index in [4.69, 9.17) is 15.2 Å². The summed E-state index contributed by atoms with van der Waals surface area (Å²) in [6.45, 7) is 4.69. The van der Waals surface area contributed by atoms with Crippen LogP contribution in [0.5, 0.6) is 5.75 Å². The van der Waals surface area contributed by atoms with E-state index < -0.39 is 5.82 Å².